The maximum Gasteiger partial charge on any atom is 0.306 e. The number of rotatable bonds is 5. The van der Waals surface area contributed by atoms with Crippen LogP contribution < -0.4 is 5.32 Å². The van der Waals surface area contributed by atoms with Crippen LogP contribution in [0.5, 0.6) is 0 Å². The van der Waals surface area contributed by atoms with E-state index in [4.69, 9.17) is 0 Å². The normalized spacial score (nSPS) is 11.5. The Morgan fingerprint density at radius 3 is 2.54 bits per heavy atom. The van der Waals surface area contributed by atoms with Crippen LogP contribution in [0.15, 0.2) is 0 Å². The van der Waals surface area contributed by atoms with Gasteiger partial charge in [-0.1, -0.05) is 6.92 Å². The Bertz CT molecular complexity index is 202. The van der Waals surface area contributed by atoms with Crippen LogP contribution in [0.4, 0.5) is 0 Å². The predicted octanol–water partition coefficient (Wildman–Crippen LogP) is -0.446. The molecule has 1 atom stereocenters. The second-order valence-corrected chi connectivity index (χ2v) is 2.39. The molecule has 5 heteroatoms. The molecule has 0 aliphatic carbocycles. The molecular formula is C8H12NO4. The molecule has 1 unspecified atom stereocenters. The van der Waals surface area contributed by atoms with Gasteiger partial charge in [0, 0.05) is 13.3 Å². The van der Waals surface area contributed by atoms with Crippen LogP contribution in [-0.4, -0.2) is 30.8 Å². The van der Waals surface area contributed by atoms with E-state index < -0.39 is 12.1 Å². The first kappa shape index (κ1) is 11.6. The summed E-state index contributed by atoms with van der Waals surface area (Å²) in [7, 11) is 0. The molecule has 13 heavy (non-hydrogen) atoms. The Hall–Kier alpha value is -1.39. The van der Waals surface area contributed by atoms with Gasteiger partial charge in [0.05, 0.1) is 6.54 Å². The third-order valence-electron chi connectivity index (χ3n) is 1.23. The van der Waals surface area contributed by atoms with Gasteiger partial charge in [-0.2, -0.15) is 0 Å². The molecule has 0 heterocycles. The van der Waals surface area contributed by atoms with Crippen molar-refractivity contribution in [1.29, 1.82) is 0 Å². The van der Waals surface area contributed by atoms with Gasteiger partial charge in [-0.05, 0) is 0 Å². The summed E-state index contributed by atoms with van der Waals surface area (Å²) in [5.74, 6) is -0.772. The third-order valence-corrected chi connectivity index (χ3v) is 1.23. The van der Waals surface area contributed by atoms with Crippen molar-refractivity contribution in [1.82, 2.24) is 5.32 Å². The molecule has 0 spiro atoms. The zero-order valence-corrected chi connectivity index (χ0v) is 7.62. The van der Waals surface area contributed by atoms with Crippen LogP contribution in [0.1, 0.15) is 20.3 Å². The Labute approximate surface area is 76.4 Å². The number of esters is 1. The average Bonchev–Trinajstić information content (AvgIpc) is 2.11. The van der Waals surface area contributed by atoms with Gasteiger partial charge in [-0.25, -0.2) is 0 Å². The highest BCUT2D eigenvalue weighted by atomic mass is 16.5. The lowest BCUT2D eigenvalue weighted by atomic mass is 10.3. The minimum absolute atomic E-state index is 0.0232. The highest BCUT2D eigenvalue weighted by molar-refractivity contribution is 5.75. The molecule has 0 saturated heterocycles. The van der Waals surface area contributed by atoms with Crippen LogP contribution in [0.3, 0.4) is 0 Å². The van der Waals surface area contributed by atoms with E-state index in [1.54, 1.807) is 6.92 Å². The van der Waals surface area contributed by atoms with Gasteiger partial charge >= 0.3 is 5.97 Å². The van der Waals surface area contributed by atoms with Gasteiger partial charge in [0.25, 0.3) is 0 Å². The Morgan fingerprint density at radius 2 is 2.15 bits per heavy atom. The minimum atomic E-state index is -1.00. The maximum atomic E-state index is 10.7. The van der Waals surface area contributed by atoms with E-state index in [2.05, 4.69) is 10.1 Å². The van der Waals surface area contributed by atoms with Crippen molar-refractivity contribution in [3.8, 4) is 0 Å². The number of hydrogen-bond donors (Lipinski definition) is 1. The molecule has 0 aromatic rings. The van der Waals surface area contributed by atoms with Gasteiger partial charge in [-0.3, -0.25) is 14.4 Å². The van der Waals surface area contributed by atoms with Crippen molar-refractivity contribution in [3.63, 3.8) is 0 Å². The molecule has 0 fully saturated rings. The smallest absolute Gasteiger partial charge is 0.306 e. The summed E-state index contributed by atoms with van der Waals surface area (Å²) in [5, 5.41) is 2.35. The van der Waals surface area contributed by atoms with Crippen LogP contribution >= 0.6 is 0 Å². The van der Waals surface area contributed by atoms with Gasteiger partial charge in [0.2, 0.25) is 12.2 Å². The largest absolute Gasteiger partial charge is 0.452 e. The lowest BCUT2D eigenvalue weighted by Gasteiger charge is -2.10. The van der Waals surface area contributed by atoms with Crippen molar-refractivity contribution in [3.05, 3.63) is 0 Å². The van der Waals surface area contributed by atoms with E-state index in [0.717, 1.165) is 0 Å². The molecule has 0 bridgehead atoms. The summed E-state index contributed by atoms with van der Waals surface area (Å²) in [4.78, 5) is 31.4. The zero-order valence-electron chi connectivity index (χ0n) is 7.62. The molecule has 0 aliphatic heterocycles. The van der Waals surface area contributed by atoms with E-state index >= 15 is 0 Å². The fourth-order valence-electron chi connectivity index (χ4n) is 0.586. The first-order valence-electron chi connectivity index (χ1n) is 3.91. The van der Waals surface area contributed by atoms with Gasteiger partial charge in [-0.15, -0.1) is 0 Å². The van der Waals surface area contributed by atoms with E-state index in [0.29, 0.717) is 0 Å². The summed E-state index contributed by atoms with van der Waals surface area (Å²) < 4.78 is 4.62. The predicted molar refractivity (Wildman–Crippen MR) is 44.5 cm³/mol. The lowest BCUT2D eigenvalue weighted by Crippen LogP contribution is -2.34. The van der Waals surface area contributed by atoms with E-state index in [-0.39, 0.29) is 18.9 Å². The summed E-state index contributed by atoms with van der Waals surface area (Å²) in [6.07, 6.45) is 0.704. The summed E-state index contributed by atoms with van der Waals surface area (Å²) in [6.45, 7) is 2.90. The van der Waals surface area contributed by atoms with Gasteiger partial charge in [0.15, 0.2) is 6.10 Å². The van der Waals surface area contributed by atoms with Crippen molar-refractivity contribution < 1.29 is 19.1 Å². The Morgan fingerprint density at radius 1 is 1.54 bits per heavy atom. The number of amides is 1. The zero-order chi connectivity index (χ0) is 10.3. The molecule has 0 aromatic carbocycles. The van der Waals surface area contributed by atoms with Crippen LogP contribution in [0.2, 0.25) is 0 Å². The van der Waals surface area contributed by atoms with Crippen molar-refractivity contribution in [2.75, 3.05) is 6.54 Å². The third kappa shape index (κ3) is 5.84. The number of ether oxygens (including phenoxy) is 1. The first-order valence-corrected chi connectivity index (χ1v) is 3.91. The fraction of sp³-hybridized carbons (Fsp3) is 0.625. The monoisotopic (exact) mass is 186 g/mol. The number of carbonyl (C=O) groups excluding carboxylic acids is 3. The van der Waals surface area contributed by atoms with Crippen LogP contribution in [0.25, 0.3) is 0 Å². The standard InChI is InChI=1S/C8H12NO4/c1-3-8(12)13-7(5-10)4-9-6(2)11/h7H,3-4H2,1-2H3,(H,9,11). The minimum Gasteiger partial charge on any atom is -0.452 e. The lowest BCUT2D eigenvalue weighted by molar-refractivity contribution is -0.146. The van der Waals surface area contributed by atoms with Crippen molar-refractivity contribution >= 4 is 18.2 Å². The van der Waals surface area contributed by atoms with Crippen molar-refractivity contribution in [2.24, 2.45) is 0 Å². The van der Waals surface area contributed by atoms with Gasteiger partial charge in [0.1, 0.15) is 0 Å². The van der Waals surface area contributed by atoms with Crippen LogP contribution in [0, 0.1) is 0 Å². The maximum absolute atomic E-state index is 10.7. The van der Waals surface area contributed by atoms with E-state index in [1.807, 2.05) is 0 Å². The summed E-state index contributed by atoms with van der Waals surface area (Å²) >= 11 is 0. The van der Waals surface area contributed by atoms with E-state index in [1.165, 1.54) is 13.2 Å². The SMILES string of the molecule is CCC(=O)OC([C]=O)CNC(C)=O. The van der Waals surface area contributed by atoms with Crippen molar-refractivity contribution in [2.45, 2.75) is 26.4 Å². The number of hydrogen-bond acceptors (Lipinski definition) is 4. The summed E-state index contributed by atoms with van der Waals surface area (Å²) in [5.41, 5.74) is 0. The van der Waals surface area contributed by atoms with Gasteiger partial charge < -0.3 is 10.1 Å². The molecule has 73 valence electrons. The highest BCUT2D eigenvalue weighted by Crippen LogP contribution is 1.91. The first-order chi connectivity index (χ1) is 6.10. The topological polar surface area (TPSA) is 72.5 Å². The number of carbonyl (C=O) groups is 2. The second-order valence-electron chi connectivity index (χ2n) is 2.39. The van der Waals surface area contributed by atoms with Crippen LogP contribution in [-0.2, 0) is 19.1 Å². The average molecular weight is 186 g/mol. The molecule has 1 amide bonds. The fourth-order valence-corrected chi connectivity index (χ4v) is 0.586. The Balaban J connectivity index is 3.82. The Kier molecular flexibility index (Phi) is 5.50. The van der Waals surface area contributed by atoms with E-state index in [9.17, 15) is 14.4 Å². The summed E-state index contributed by atoms with van der Waals surface area (Å²) in [6, 6.07) is 0. The second kappa shape index (κ2) is 6.16. The molecule has 1 radical (unpaired) electrons. The molecule has 5 nitrogen and oxygen atoms in total. The molecular weight excluding hydrogens is 174 g/mol. The molecule has 0 saturated carbocycles. The quantitative estimate of drug-likeness (QED) is 0.590. The highest BCUT2D eigenvalue weighted by Gasteiger charge is 2.12. The molecule has 0 aliphatic rings. The number of nitrogens with one attached hydrogen (secondary N) is 1. The molecule has 1 N–H and O–H groups in total. The molecule has 0 aromatic heterocycles. The molecule has 0 rings (SSSR count).